The van der Waals surface area contributed by atoms with Crippen LogP contribution in [0.15, 0.2) is 52.1 Å². The number of carbonyl (C=O) groups excluding carboxylic acids is 1. The van der Waals surface area contributed by atoms with Crippen molar-refractivity contribution < 1.29 is 14.6 Å². The van der Waals surface area contributed by atoms with Crippen LogP contribution in [0.4, 0.5) is 0 Å². The smallest absolute Gasteiger partial charge is 0.318 e. The molecule has 1 unspecified atom stereocenters. The van der Waals surface area contributed by atoms with Crippen molar-refractivity contribution in [3.8, 4) is 5.75 Å². The maximum absolute atomic E-state index is 13.1. The summed E-state index contributed by atoms with van der Waals surface area (Å²) in [6, 6.07) is 7.81. The molecule has 1 aromatic rings. The van der Waals surface area contributed by atoms with E-state index in [2.05, 4.69) is 54.5 Å². The van der Waals surface area contributed by atoms with Gasteiger partial charge in [-0.05, 0) is 58.8 Å². The Morgan fingerprint density at radius 1 is 1.10 bits per heavy atom. The van der Waals surface area contributed by atoms with Crippen LogP contribution in [-0.2, 0) is 4.79 Å². The Hall–Kier alpha value is -1.68. The molecule has 0 saturated heterocycles. The number of ether oxygens (including phenoxy) is 1. The Bertz CT molecular complexity index is 822. The minimum atomic E-state index is -0.398. The molecule has 0 spiro atoms. The fourth-order valence-electron chi connectivity index (χ4n) is 3.77. The zero-order chi connectivity index (χ0) is 23.2. The van der Waals surface area contributed by atoms with E-state index in [1.165, 1.54) is 25.7 Å². The Labute approximate surface area is 193 Å². The quantitative estimate of drug-likeness (QED) is 0.190. The highest BCUT2D eigenvalue weighted by Gasteiger charge is 2.36. The normalized spacial score (nSPS) is 17.5. The van der Waals surface area contributed by atoms with Crippen molar-refractivity contribution in [1.82, 2.24) is 0 Å². The molecular formula is C27H40O3S. The van der Waals surface area contributed by atoms with E-state index in [9.17, 15) is 9.90 Å². The number of hydrogen-bond acceptors (Lipinski definition) is 4. The third-order valence-electron chi connectivity index (χ3n) is 5.64. The standard InChI is InChI=1S/C27H40O3S/c1-8-9-10-11-15-31-21-14-12-13-20(18-21)30-25(29)19-16-22(26(2,3)4)24(28)23(17-19)27(5,6)7/h12-14,16,18-19,28H,8-11,15,17H2,1-7H3. The van der Waals surface area contributed by atoms with Gasteiger partial charge in [-0.15, -0.1) is 11.8 Å². The first-order valence-electron chi connectivity index (χ1n) is 11.5. The number of aliphatic hydroxyl groups is 1. The Balaban J connectivity index is 2.13. The fraction of sp³-hybridized carbons (Fsp3) is 0.593. The predicted molar refractivity (Wildman–Crippen MR) is 132 cm³/mol. The zero-order valence-corrected chi connectivity index (χ0v) is 21.2. The van der Waals surface area contributed by atoms with Crippen LogP contribution in [0.3, 0.4) is 0 Å². The molecule has 1 aromatic carbocycles. The van der Waals surface area contributed by atoms with E-state index < -0.39 is 5.92 Å². The van der Waals surface area contributed by atoms with E-state index in [1.807, 2.05) is 36.0 Å². The molecule has 0 aromatic heterocycles. The molecule has 0 radical (unpaired) electrons. The summed E-state index contributed by atoms with van der Waals surface area (Å²) in [5.74, 6) is 1.35. The van der Waals surface area contributed by atoms with Crippen molar-refractivity contribution in [3.63, 3.8) is 0 Å². The van der Waals surface area contributed by atoms with Gasteiger partial charge in [0.05, 0.1) is 5.92 Å². The Morgan fingerprint density at radius 2 is 1.81 bits per heavy atom. The SMILES string of the molecule is CCCCCCSc1cccc(OC(=O)C2C=C(C(C)(C)C)C(O)=C(C(C)(C)C)C2)c1. The molecule has 0 amide bonds. The largest absolute Gasteiger partial charge is 0.508 e. The second-order valence-corrected chi connectivity index (χ2v) is 11.7. The molecule has 0 fully saturated rings. The van der Waals surface area contributed by atoms with Gasteiger partial charge in [0.15, 0.2) is 0 Å². The van der Waals surface area contributed by atoms with E-state index in [0.29, 0.717) is 17.9 Å². The molecule has 4 heteroatoms. The van der Waals surface area contributed by atoms with E-state index in [1.54, 1.807) is 0 Å². The monoisotopic (exact) mass is 444 g/mol. The summed E-state index contributed by atoms with van der Waals surface area (Å²) in [5.41, 5.74) is 1.26. The molecule has 1 aliphatic carbocycles. The molecule has 31 heavy (non-hydrogen) atoms. The summed E-state index contributed by atoms with van der Waals surface area (Å²) in [5, 5.41) is 10.9. The van der Waals surface area contributed by atoms with Gasteiger partial charge in [0.25, 0.3) is 0 Å². The molecule has 0 bridgehead atoms. The fourth-order valence-corrected chi connectivity index (χ4v) is 4.73. The molecule has 0 heterocycles. The van der Waals surface area contributed by atoms with E-state index in [0.717, 1.165) is 21.8 Å². The van der Waals surface area contributed by atoms with Crippen LogP contribution < -0.4 is 4.74 Å². The van der Waals surface area contributed by atoms with Crippen molar-refractivity contribution in [2.45, 2.75) is 85.5 Å². The average molecular weight is 445 g/mol. The zero-order valence-electron chi connectivity index (χ0n) is 20.4. The van der Waals surface area contributed by atoms with Crippen LogP contribution in [0, 0.1) is 16.7 Å². The van der Waals surface area contributed by atoms with E-state index >= 15 is 0 Å². The van der Waals surface area contributed by atoms with Crippen molar-refractivity contribution >= 4 is 17.7 Å². The highest BCUT2D eigenvalue weighted by molar-refractivity contribution is 7.99. The molecule has 1 N–H and O–H groups in total. The number of thioether (sulfide) groups is 1. The highest BCUT2D eigenvalue weighted by Crippen LogP contribution is 2.44. The van der Waals surface area contributed by atoms with Gasteiger partial charge in [-0.3, -0.25) is 4.79 Å². The Kier molecular flexibility index (Phi) is 8.88. The first kappa shape index (κ1) is 25.6. The maximum atomic E-state index is 13.1. The minimum Gasteiger partial charge on any atom is -0.508 e. The lowest BCUT2D eigenvalue weighted by Crippen LogP contribution is -2.29. The molecule has 1 atom stereocenters. The molecule has 0 saturated carbocycles. The van der Waals surface area contributed by atoms with Crippen LogP contribution in [0.2, 0.25) is 0 Å². The first-order valence-corrected chi connectivity index (χ1v) is 12.5. The number of allylic oxidation sites excluding steroid dienone is 2. The topological polar surface area (TPSA) is 46.5 Å². The van der Waals surface area contributed by atoms with Crippen molar-refractivity contribution in [3.05, 3.63) is 47.2 Å². The lowest BCUT2D eigenvalue weighted by atomic mass is 9.71. The molecule has 3 nitrogen and oxygen atoms in total. The summed E-state index contributed by atoms with van der Waals surface area (Å²) in [4.78, 5) is 14.2. The van der Waals surface area contributed by atoms with Crippen LogP contribution in [-0.4, -0.2) is 16.8 Å². The van der Waals surface area contributed by atoms with Gasteiger partial charge in [-0.25, -0.2) is 0 Å². The van der Waals surface area contributed by atoms with Gasteiger partial charge in [-0.2, -0.15) is 0 Å². The van der Waals surface area contributed by atoms with Gasteiger partial charge >= 0.3 is 5.97 Å². The van der Waals surface area contributed by atoms with Crippen molar-refractivity contribution in [2.24, 2.45) is 16.7 Å². The van der Waals surface area contributed by atoms with Gasteiger partial charge in [0, 0.05) is 4.90 Å². The summed E-state index contributed by atoms with van der Waals surface area (Å²) < 4.78 is 5.80. The number of rotatable bonds is 8. The number of benzene rings is 1. The second kappa shape index (κ2) is 10.8. The van der Waals surface area contributed by atoms with Gasteiger partial charge in [0.1, 0.15) is 11.5 Å². The summed E-state index contributed by atoms with van der Waals surface area (Å²) in [6.07, 6.45) is 7.38. The summed E-state index contributed by atoms with van der Waals surface area (Å²) in [7, 11) is 0. The lowest BCUT2D eigenvalue weighted by molar-refractivity contribution is -0.137. The summed E-state index contributed by atoms with van der Waals surface area (Å²) in [6.45, 7) is 14.6. The van der Waals surface area contributed by atoms with E-state index in [4.69, 9.17) is 4.74 Å². The third-order valence-corrected chi connectivity index (χ3v) is 6.72. The van der Waals surface area contributed by atoms with E-state index in [-0.39, 0.29) is 16.8 Å². The Morgan fingerprint density at radius 3 is 2.42 bits per heavy atom. The van der Waals surface area contributed by atoms with Gasteiger partial charge in [-0.1, -0.05) is 79.9 Å². The number of hydrogen-bond donors (Lipinski definition) is 1. The first-order chi connectivity index (χ1) is 14.4. The van der Waals surface area contributed by atoms with Crippen molar-refractivity contribution in [1.29, 1.82) is 0 Å². The number of esters is 1. The summed E-state index contributed by atoms with van der Waals surface area (Å²) >= 11 is 1.81. The lowest BCUT2D eigenvalue weighted by Gasteiger charge is -2.35. The third kappa shape index (κ3) is 7.45. The molecule has 172 valence electrons. The van der Waals surface area contributed by atoms with Crippen LogP contribution in [0.5, 0.6) is 5.75 Å². The average Bonchev–Trinajstić information content (AvgIpc) is 2.66. The number of unbranched alkanes of at least 4 members (excludes halogenated alkanes) is 3. The molecular weight excluding hydrogens is 404 g/mol. The molecule has 2 rings (SSSR count). The molecule has 1 aliphatic rings. The van der Waals surface area contributed by atoms with Gasteiger partial charge in [0.2, 0.25) is 0 Å². The van der Waals surface area contributed by atoms with Crippen LogP contribution in [0.25, 0.3) is 0 Å². The maximum Gasteiger partial charge on any atom is 0.318 e. The molecule has 0 aliphatic heterocycles. The highest BCUT2D eigenvalue weighted by atomic mass is 32.2. The van der Waals surface area contributed by atoms with Crippen molar-refractivity contribution in [2.75, 3.05) is 5.75 Å². The second-order valence-electron chi connectivity index (χ2n) is 10.5. The van der Waals surface area contributed by atoms with Gasteiger partial charge < -0.3 is 9.84 Å². The van der Waals surface area contributed by atoms with Crippen LogP contribution in [0.1, 0.15) is 80.6 Å². The number of carbonyl (C=O) groups is 1. The number of aliphatic hydroxyl groups excluding tert-OH is 1. The minimum absolute atomic E-state index is 0.221. The predicted octanol–water partition coefficient (Wildman–Crippen LogP) is 8.12. The van der Waals surface area contributed by atoms with Crippen LogP contribution >= 0.6 is 11.8 Å².